The maximum absolute atomic E-state index is 12.2. The Morgan fingerprint density at radius 1 is 1.45 bits per heavy atom. The number of allylic oxidation sites excluding steroid dienone is 1. The maximum Gasteiger partial charge on any atom is 0.339 e. The Bertz CT molecular complexity index is 550. The first kappa shape index (κ1) is 14.3. The molecule has 0 radical (unpaired) electrons. The third-order valence-corrected chi connectivity index (χ3v) is 3.40. The van der Waals surface area contributed by atoms with Gasteiger partial charge in [0.15, 0.2) is 5.60 Å². The van der Waals surface area contributed by atoms with E-state index in [0.29, 0.717) is 18.5 Å². The average Bonchev–Trinajstić information content (AvgIpc) is 2.43. The van der Waals surface area contributed by atoms with Crippen molar-refractivity contribution in [3.8, 4) is 0 Å². The highest BCUT2D eigenvalue weighted by molar-refractivity contribution is 5.97. The van der Waals surface area contributed by atoms with Crippen LogP contribution in [0.1, 0.15) is 36.2 Å². The SMILES string of the molecule is C/C=C/CCNC(=O)C1(C)Cc2ccccc2C(=O)O1. The zero-order chi connectivity index (χ0) is 14.6. The third kappa shape index (κ3) is 2.90. The first-order chi connectivity index (χ1) is 9.57. The molecule has 1 aliphatic rings. The Morgan fingerprint density at radius 3 is 2.95 bits per heavy atom. The Morgan fingerprint density at radius 2 is 2.20 bits per heavy atom. The van der Waals surface area contributed by atoms with E-state index in [0.717, 1.165) is 12.0 Å². The molecule has 0 aromatic heterocycles. The smallest absolute Gasteiger partial charge is 0.339 e. The number of rotatable bonds is 4. The molecule has 4 nitrogen and oxygen atoms in total. The molecule has 1 amide bonds. The lowest BCUT2D eigenvalue weighted by Gasteiger charge is -2.33. The number of esters is 1. The van der Waals surface area contributed by atoms with Crippen molar-refractivity contribution in [2.24, 2.45) is 0 Å². The first-order valence-electron chi connectivity index (χ1n) is 6.77. The summed E-state index contributed by atoms with van der Waals surface area (Å²) in [4.78, 5) is 24.2. The van der Waals surface area contributed by atoms with Crippen LogP contribution in [0.4, 0.5) is 0 Å². The second kappa shape index (κ2) is 5.90. The maximum atomic E-state index is 12.2. The molecule has 1 aromatic rings. The monoisotopic (exact) mass is 273 g/mol. The van der Waals surface area contributed by atoms with Crippen molar-refractivity contribution in [3.05, 3.63) is 47.5 Å². The fraction of sp³-hybridized carbons (Fsp3) is 0.375. The van der Waals surface area contributed by atoms with E-state index in [1.807, 2.05) is 31.2 Å². The molecular formula is C16H19NO3. The van der Waals surface area contributed by atoms with Gasteiger partial charge in [-0.1, -0.05) is 30.4 Å². The predicted molar refractivity (Wildman–Crippen MR) is 76.4 cm³/mol. The number of nitrogens with one attached hydrogen (secondary N) is 1. The summed E-state index contributed by atoms with van der Waals surface area (Å²) in [7, 11) is 0. The zero-order valence-corrected chi connectivity index (χ0v) is 11.8. The van der Waals surface area contributed by atoms with Gasteiger partial charge < -0.3 is 10.1 Å². The fourth-order valence-corrected chi connectivity index (χ4v) is 2.28. The number of ether oxygens (including phenoxy) is 1. The minimum atomic E-state index is -1.12. The second-order valence-corrected chi connectivity index (χ2v) is 5.07. The molecule has 1 heterocycles. The van der Waals surface area contributed by atoms with Crippen molar-refractivity contribution >= 4 is 11.9 Å². The highest BCUT2D eigenvalue weighted by Gasteiger charge is 2.42. The number of amides is 1. The number of hydrogen-bond acceptors (Lipinski definition) is 3. The van der Waals surface area contributed by atoms with Gasteiger partial charge in [-0.3, -0.25) is 4.79 Å². The minimum Gasteiger partial charge on any atom is -0.445 e. The summed E-state index contributed by atoms with van der Waals surface area (Å²) in [6.07, 6.45) is 5.09. The molecule has 0 fully saturated rings. The molecule has 20 heavy (non-hydrogen) atoms. The quantitative estimate of drug-likeness (QED) is 0.520. The van der Waals surface area contributed by atoms with Gasteiger partial charge in [0.25, 0.3) is 5.91 Å². The molecule has 4 heteroatoms. The van der Waals surface area contributed by atoms with Crippen LogP contribution in [0, 0.1) is 0 Å². The van der Waals surface area contributed by atoms with Gasteiger partial charge in [0, 0.05) is 13.0 Å². The summed E-state index contributed by atoms with van der Waals surface area (Å²) < 4.78 is 5.35. The van der Waals surface area contributed by atoms with Crippen LogP contribution in [0.2, 0.25) is 0 Å². The first-order valence-corrected chi connectivity index (χ1v) is 6.77. The molecule has 106 valence electrons. The number of benzene rings is 1. The summed E-state index contributed by atoms with van der Waals surface area (Å²) in [6, 6.07) is 7.24. The summed E-state index contributed by atoms with van der Waals surface area (Å²) >= 11 is 0. The number of carbonyl (C=O) groups is 2. The molecule has 1 aromatic carbocycles. The molecule has 0 saturated carbocycles. The van der Waals surface area contributed by atoms with Crippen molar-refractivity contribution in [3.63, 3.8) is 0 Å². The van der Waals surface area contributed by atoms with Crippen LogP contribution in [0.3, 0.4) is 0 Å². The third-order valence-electron chi connectivity index (χ3n) is 3.40. The lowest BCUT2D eigenvalue weighted by atomic mass is 9.89. The number of fused-ring (bicyclic) bond motifs is 1. The molecule has 0 aliphatic carbocycles. The number of hydrogen-bond donors (Lipinski definition) is 1. The highest BCUT2D eigenvalue weighted by atomic mass is 16.6. The van der Waals surface area contributed by atoms with Crippen LogP contribution in [-0.4, -0.2) is 24.0 Å². The van der Waals surface area contributed by atoms with Gasteiger partial charge in [-0.2, -0.15) is 0 Å². The van der Waals surface area contributed by atoms with Gasteiger partial charge in [-0.25, -0.2) is 4.79 Å². The Labute approximate surface area is 118 Å². The molecule has 0 spiro atoms. The topological polar surface area (TPSA) is 55.4 Å². The van der Waals surface area contributed by atoms with Crippen LogP contribution in [0.5, 0.6) is 0 Å². The second-order valence-electron chi connectivity index (χ2n) is 5.07. The molecule has 1 aliphatic heterocycles. The van der Waals surface area contributed by atoms with Crippen LogP contribution in [0.15, 0.2) is 36.4 Å². The van der Waals surface area contributed by atoms with Gasteiger partial charge in [-0.15, -0.1) is 0 Å². The average molecular weight is 273 g/mol. The van der Waals surface area contributed by atoms with E-state index in [-0.39, 0.29) is 5.91 Å². The van der Waals surface area contributed by atoms with Crippen molar-refractivity contribution in [1.82, 2.24) is 5.32 Å². The number of carbonyl (C=O) groups excluding carboxylic acids is 2. The van der Waals surface area contributed by atoms with Crippen LogP contribution < -0.4 is 5.32 Å². The number of cyclic esters (lactones) is 1. The molecule has 0 bridgehead atoms. The molecular weight excluding hydrogens is 254 g/mol. The van der Waals surface area contributed by atoms with Gasteiger partial charge in [0.2, 0.25) is 0 Å². The predicted octanol–water partition coefficient (Wildman–Crippen LogP) is 2.24. The van der Waals surface area contributed by atoms with E-state index in [2.05, 4.69) is 5.32 Å². The minimum absolute atomic E-state index is 0.246. The molecule has 0 saturated heterocycles. The van der Waals surface area contributed by atoms with Gasteiger partial charge >= 0.3 is 5.97 Å². The largest absolute Gasteiger partial charge is 0.445 e. The fourth-order valence-electron chi connectivity index (χ4n) is 2.28. The standard InChI is InChI=1S/C16H19NO3/c1-3-4-7-10-17-15(19)16(2)11-12-8-5-6-9-13(12)14(18)20-16/h3-6,8-9H,7,10-11H2,1-2H3,(H,17,19)/b4-3+. The van der Waals surface area contributed by atoms with Crippen molar-refractivity contribution < 1.29 is 14.3 Å². The van der Waals surface area contributed by atoms with Gasteiger partial charge in [-0.05, 0) is 31.9 Å². The molecule has 1 N–H and O–H groups in total. The van der Waals surface area contributed by atoms with E-state index >= 15 is 0 Å². The summed E-state index contributed by atoms with van der Waals surface area (Å²) in [5.41, 5.74) is 0.281. The summed E-state index contributed by atoms with van der Waals surface area (Å²) in [5.74, 6) is -0.678. The summed E-state index contributed by atoms with van der Waals surface area (Å²) in [6.45, 7) is 4.13. The lowest BCUT2D eigenvalue weighted by Crippen LogP contribution is -2.51. The van der Waals surface area contributed by atoms with Crippen molar-refractivity contribution in [2.75, 3.05) is 6.54 Å². The van der Waals surface area contributed by atoms with E-state index < -0.39 is 11.6 Å². The summed E-state index contributed by atoms with van der Waals surface area (Å²) in [5, 5.41) is 2.81. The van der Waals surface area contributed by atoms with Crippen LogP contribution >= 0.6 is 0 Å². The molecule has 2 rings (SSSR count). The van der Waals surface area contributed by atoms with Crippen LogP contribution in [-0.2, 0) is 16.0 Å². The molecule has 1 unspecified atom stereocenters. The molecule has 1 atom stereocenters. The van der Waals surface area contributed by atoms with E-state index in [1.54, 1.807) is 19.1 Å². The normalized spacial score (nSPS) is 21.4. The Balaban J connectivity index is 2.09. The highest BCUT2D eigenvalue weighted by Crippen LogP contribution is 2.28. The van der Waals surface area contributed by atoms with Crippen molar-refractivity contribution in [2.45, 2.75) is 32.3 Å². The lowest BCUT2D eigenvalue weighted by molar-refractivity contribution is -0.139. The van der Waals surface area contributed by atoms with Gasteiger partial charge in [0.05, 0.1) is 5.56 Å². The zero-order valence-electron chi connectivity index (χ0n) is 11.8. The van der Waals surface area contributed by atoms with Crippen LogP contribution in [0.25, 0.3) is 0 Å². The van der Waals surface area contributed by atoms with Crippen molar-refractivity contribution in [1.29, 1.82) is 0 Å². The Kier molecular flexibility index (Phi) is 4.23. The van der Waals surface area contributed by atoms with E-state index in [9.17, 15) is 9.59 Å². The Hall–Kier alpha value is -2.10. The van der Waals surface area contributed by atoms with E-state index in [4.69, 9.17) is 4.74 Å². The van der Waals surface area contributed by atoms with Gasteiger partial charge in [0.1, 0.15) is 0 Å². The van der Waals surface area contributed by atoms with E-state index in [1.165, 1.54) is 0 Å².